The zero-order valence-corrected chi connectivity index (χ0v) is 19.6. The monoisotopic (exact) mass is 446 g/mol. The summed E-state index contributed by atoms with van der Waals surface area (Å²) in [6.07, 6.45) is 2.50. The molecule has 0 aromatic heterocycles. The SMILES string of the molecule is CCCCNC(=O)C(CC)N(Cc1ccc(Cl)cc1)C(=O)CSc1ccc(C)cc1. The molecule has 6 heteroatoms. The number of carbonyl (C=O) groups excluding carboxylic acids is 2. The van der Waals surface area contributed by atoms with Crippen LogP contribution < -0.4 is 5.32 Å². The summed E-state index contributed by atoms with van der Waals surface area (Å²) >= 11 is 7.50. The van der Waals surface area contributed by atoms with Crippen LogP contribution in [0.5, 0.6) is 0 Å². The van der Waals surface area contributed by atoms with E-state index in [2.05, 4.69) is 12.2 Å². The average Bonchev–Trinajstić information content (AvgIpc) is 2.74. The maximum Gasteiger partial charge on any atom is 0.242 e. The van der Waals surface area contributed by atoms with Crippen LogP contribution in [-0.2, 0) is 16.1 Å². The summed E-state index contributed by atoms with van der Waals surface area (Å²) in [5, 5.41) is 3.63. The van der Waals surface area contributed by atoms with Crippen LogP contribution in [0.15, 0.2) is 53.4 Å². The van der Waals surface area contributed by atoms with Crippen LogP contribution in [0.2, 0.25) is 5.02 Å². The standard InChI is InChI=1S/C24H31ClN2O2S/c1-4-6-15-26-24(29)22(5-2)27(16-19-9-11-20(25)12-10-19)23(28)17-30-21-13-7-18(3)8-14-21/h7-14,22H,4-6,15-17H2,1-3H3,(H,26,29). The van der Waals surface area contributed by atoms with E-state index in [4.69, 9.17) is 11.6 Å². The normalized spacial score (nSPS) is 11.7. The molecule has 30 heavy (non-hydrogen) atoms. The zero-order valence-electron chi connectivity index (χ0n) is 18.0. The van der Waals surface area contributed by atoms with Gasteiger partial charge in [-0.1, -0.05) is 61.7 Å². The van der Waals surface area contributed by atoms with Crippen LogP contribution >= 0.6 is 23.4 Å². The second-order valence-corrected chi connectivity index (χ2v) is 8.80. The summed E-state index contributed by atoms with van der Waals surface area (Å²) < 4.78 is 0. The van der Waals surface area contributed by atoms with Crippen LogP contribution in [0.3, 0.4) is 0 Å². The van der Waals surface area contributed by atoms with Crippen molar-refractivity contribution >= 4 is 35.2 Å². The maximum atomic E-state index is 13.2. The van der Waals surface area contributed by atoms with Crippen molar-refractivity contribution in [1.29, 1.82) is 0 Å². The molecule has 0 fully saturated rings. The molecule has 1 N–H and O–H groups in total. The van der Waals surface area contributed by atoms with Crippen molar-refractivity contribution in [1.82, 2.24) is 10.2 Å². The van der Waals surface area contributed by atoms with Gasteiger partial charge in [-0.25, -0.2) is 0 Å². The first-order valence-electron chi connectivity index (χ1n) is 10.5. The number of benzene rings is 2. The molecule has 0 aliphatic carbocycles. The van der Waals surface area contributed by atoms with Gasteiger partial charge in [-0.3, -0.25) is 9.59 Å². The molecule has 162 valence electrons. The summed E-state index contributed by atoms with van der Waals surface area (Å²) in [4.78, 5) is 28.7. The van der Waals surface area contributed by atoms with Gasteiger partial charge < -0.3 is 10.2 Å². The smallest absolute Gasteiger partial charge is 0.242 e. The molecule has 0 saturated heterocycles. The predicted molar refractivity (Wildman–Crippen MR) is 126 cm³/mol. The molecule has 4 nitrogen and oxygen atoms in total. The van der Waals surface area contributed by atoms with Crippen LogP contribution in [0.1, 0.15) is 44.2 Å². The van der Waals surface area contributed by atoms with Gasteiger partial charge in [0.25, 0.3) is 0 Å². The van der Waals surface area contributed by atoms with Crippen molar-refractivity contribution in [3.8, 4) is 0 Å². The Hall–Kier alpha value is -1.98. The van der Waals surface area contributed by atoms with Gasteiger partial charge in [-0.05, 0) is 49.6 Å². The topological polar surface area (TPSA) is 49.4 Å². The summed E-state index contributed by atoms with van der Waals surface area (Å²) in [6, 6.07) is 15.0. The highest BCUT2D eigenvalue weighted by atomic mass is 35.5. The molecular formula is C24H31ClN2O2S. The number of amides is 2. The quantitative estimate of drug-likeness (QED) is 0.368. The Kier molecular flexibility index (Phi) is 10.2. The lowest BCUT2D eigenvalue weighted by molar-refractivity contribution is -0.139. The van der Waals surface area contributed by atoms with Gasteiger partial charge >= 0.3 is 0 Å². The van der Waals surface area contributed by atoms with E-state index < -0.39 is 6.04 Å². The van der Waals surface area contributed by atoms with E-state index in [-0.39, 0.29) is 17.6 Å². The van der Waals surface area contributed by atoms with Gasteiger partial charge in [0.1, 0.15) is 6.04 Å². The van der Waals surface area contributed by atoms with Crippen molar-refractivity contribution in [2.75, 3.05) is 12.3 Å². The van der Waals surface area contributed by atoms with Gasteiger partial charge in [-0.2, -0.15) is 0 Å². The molecule has 2 rings (SSSR count). The van der Waals surface area contributed by atoms with Crippen molar-refractivity contribution in [2.45, 2.75) is 57.5 Å². The minimum atomic E-state index is -0.497. The third kappa shape index (κ3) is 7.69. The van der Waals surface area contributed by atoms with Crippen molar-refractivity contribution in [3.63, 3.8) is 0 Å². The molecule has 0 spiro atoms. The number of halogens is 1. The molecular weight excluding hydrogens is 416 g/mol. The van der Waals surface area contributed by atoms with Gasteiger partial charge in [0, 0.05) is 23.0 Å². The Bertz CT molecular complexity index is 809. The third-order valence-electron chi connectivity index (χ3n) is 4.86. The first-order valence-corrected chi connectivity index (χ1v) is 11.8. The van der Waals surface area contributed by atoms with Gasteiger partial charge in [0.15, 0.2) is 0 Å². The number of unbranched alkanes of at least 4 members (excludes halogenated alkanes) is 1. The van der Waals surface area contributed by atoms with Crippen molar-refractivity contribution < 1.29 is 9.59 Å². The predicted octanol–water partition coefficient (Wildman–Crippen LogP) is 5.46. The van der Waals surface area contributed by atoms with E-state index in [0.29, 0.717) is 24.5 Å². The molecule has 2 aromatic rings. The summed E-state index contributed by atoms with van der Waals surface area (Å²) in [5.41, 5.74) is 2.14. The molecule has 0 saturated carbocycles. The maximum absolute atomic E-state index is 13.2. The van der Waals surface area contributed by atoms with Crippen molar-refractivity contribution in [2.24, 2.45) is 0 Å². The molecule has 1 unspecified atom stereocenters. The number of thioether (sulfide) groups is 1. The van der Waals surface area contributed by atoms with Crippen LogP contribution in [-0.4, -0.2) is 35.1 Å². The fourth-order valence-corrected chi connectivity index (χ4v) is 3.99. The van der Waals surface area contributed by atoms with Gasteiger partial charge in [0.05, 0.1) is 5.75 Å². The number of nitrogens with one attached hydrogen (secondary N) is 1. The lowest BCUT2D eigenvalue weighted by atomic mass is 10.1. The number of carbonyl (C=O) groups is 2. The molecule has 0 bridgehead atoms. The molecule has 2 aromatic carbocycles. The first kappa shape index (κ1) is 24.3. The van der Waals surface area contributed by atoms with E-state index in [9.17, 15) is 9.59 Å². The lowest BCUT2D eigenvalue weighted by Gasteiger charge is -2.30. The molecule has 0 heterocycles. The number of hydrogen-bond donors (Lipinski definition) is 1. The number of nitrogens with zero attached hydrogens (tertiary/aromatic N) is 1. The minimum absolute atomic E-state index is 0.0481. The second kappa shape index (κ2) is 12.7. The molecule has 0 aliphatic heterocycles. The van der Waals surface area contributed by atoms with E-state index in [1.807, 2.05) is 62.4 Å². The largest absolute Gasteiger partial charge is 0.354 e. The summed E-state index contributed by atoms with van der Waals surface area (Å²) in [7, 11) is 0. The Morgan fingerprint density at radius 2 is 1.73 bits per heavy atom. The van der Waals surface area contributed by atoms with E-state index >= 15 is 0 Å². The van der Waals surface area contributed by atoms with E-state index in [1.165, 1.54) is 17.3 Å². The highest BCUT2D eigenvalue weighted by Gasteiger charge is 2.28. The number of hydrogen-bond acceptors (Lipinski definition) is 3. The molecule has 0 aliphatic rings. The Labute approximate surface area is 189 Å². The average molecular weight is 447 g/mol. The fraction of sp³-hybridized carbons (Fsp3) is 0.417. The minimum Gasteiger partial charge on any atom is -0.354 e. The fourth-order valence-electron chi connectivity index (χ4n) is 3.07. The van der Waals surface area contributed by atoms with Gasteiger partial charge in [0.2, 0.25) is 11.8 Å². The Morgan fingerprint density at radius 3 is 2.33 bits per heavy atom. The number of rotatable bonds is 11. The first-order chi connectivity index (χ1) is 14.4. The highest BCUT2D eigenvalue weighted by molar-refractivity contribution is 8.00. The molecule has 1 atom stereocenters. The Balaban J connectivity index is 2.15. The molecule has 2 amide bonds. The van der Waals surface area contributed by atoms with Gasteiger partial charge in [-0.15, -0.1) is 11.8 Å². The Morgan fingerprint density at radius 1 is 1.07 bits per heavy atom. The van der Waals surface area contributed by atoms with E-state index in [1.54, 1.807) is 4.90 Å². The van der Waals surface area contributed by atoms with Crippen LogP contribution in [0.25, 0.3) is 0 Å². The second-order valence-electron chi connectivity index (χ2n) is 7.32. The van der Waals surface area contributed by atoms with E-state index in [0.717, 1.165) is 23.3 Å². The summed E-state index contributed by atoms with van der Waals surface area (Å²) in [6.45, 7) is 7.08. The van der Waals surface area contributed by atoms with Crippen LogP contribution in [0, 0.1) is 6.92 Å². The number of aryl methyl sites for hydroxylation is 1. The van der Waals surface area contributed by atoms with Crippen LogP contribution in [0.4, 0.5) is 0 Å². The zero-order chi connectivity index (χ0) is 21.9. The highest BCUT2D eigenvalue weighted by Crippen LogP contribution is 2.21. The van der Waals surface area contributed by atoms with Crippen molar-refractivity contribution in [3.05, 3.63) is 64.7 Å². The third-order valence-corrected chi connectivity index (χ3v) is 6.11. The lowest BCUT2D eigenvalue weighted by Crippen LogP contribution is -2.49. The summed E-state index contributed by atoms with van der Waals surface area (Å²) in [5.74, 6) is 0.150. The molecule has 0 radical (unpaired) electrons.